The maximum atomic E-state index is 8.56. The third kappa shape index (κ3) is 25200. The molecule has 1 radical (unpaired) electrons. The van der Waals surface area contributed by atoms with Gasteiger partial charge in [0, 0.05) is 35.6 Å². The van der Waals surface area contributed by atoms with E-state index in [1.807, 2.05) is 0 Å². The summed E-state index contributed by atoms with van der Waals surface area (Å²) in [7, 11) is 0. The van der Waals surface area contributed by atoms with Gasteiger partial charge in [0.05, 0.1) is 0 Å². The number of hydrogen-bond donors (Lipinski definition) is 2. The van der Waals surface area contributed by atoms with Gasteiger partial charge in [0.1, 0.15) is 0 Å². The first-order valence-electron chi connectivity index (χ1n) is 0.651. The Morgan fingerprint density at radius 2 is 0.667 bits per heavy atom. The molecule has 0 aromatic carbocycles. The molecule has 0 bridgehead atoms. The van der Waals surface area contributed by atoms with E-state index in [1.165, 1.54) is 0 Å². The summed E-state index contributed by atoms with van der Waals surface area (Å²) in [6.45, 7) is 0. The van der Waals surface area contributed by atoms with Crippen molar-refractivity contribution in [3.8, 4) is 0 Å². The molecule has 0 amide bonds. The van der Waals surface area contributed by atoms with Crippen molar-refractivity contribution in [2.24, 2.45) is 0 Å². The zero-order chi connectivity index (χ0) is 3.58. The van der Waals surface area contributed by atoms with Gasteiger partial charge in [-0.1, -0.05) is 0 Å². The first-order valence-corrected chi connectivity index (χ1v) is 0.651. The average molecular weight is 327 g/mol. The minimum absolute atomic E-state index is 0. The summed E-state index contributed by atoms with van der Waals surface area (Å²) in [6.07, 6.45) is -1.83. The van der Waals surface area contributed by atoms with Crippen LogP contribution >= 0.6 is 0 Å². The molecule has 0 heterocycles. The summed E-state index contributed by atoms with van der Waals surface area (Å²) >= 11 is 0. The second kappa shape index (κ2) is 114. The second-order valence-electron chi connectivity index (χ2n) is 0.283. The fraction of sp³-hybridized carbons (Fsp3) is 0. The Morgan fingerprint density at radius 3 is 0.667 bits per heavy atom. The van der Waals surface area contributed by atoms with Crippen molar-refractivity contribution in [2.45, 2.75) is 0 Å². The van der Waals surface area contributed by atoms with Crippen LogP contribution in [-0.4, -0.2) is 54.7 Å². The standard InChI is InChI=1S/CH2O3.La.7H2O/c2-1(3)4;;;;;;;;/h(H2,2,3,4);;7*1H2. The smallest absolute Gasteiger partial charge is 0.450 e. The van der Waals surface area contributed by atoms with Crippen LogP contribution in [0, 0.1) is 35.6 Å². The summed E-state index contributed by atoms with van der Waals surface area (Å²) < 4.78 is 0. The van der Waals surface area contributed by atoms with Gasteiger partial charge in [0.2, 0.25) is 0 Å². The topological polar surface area (TPSA) is 278 Å². The van der Waals surface area contributed by atoms with Crippen LogP contribution in [0.1, 0.15) is 0 Å². The van der Waals surface area contributed by atoms with Gasteiger partial charge in [-0.15, -0.1) is 0 Å². The third-order valence-electron chi connectivity index (χ3n) is 0. The molecule has 0 aromatic heterocycles. The summed E-state index contributed by atoms with van der Waals surface area (Å²) in [4.78, 5) is 8.56. The predicted octanol–water partition coefficient (Wildman–Crippen LogP) is -5.55. The molecule has 16 N–H and O–H groups in total. The van der Waals surface area contributed by atoms with Gasteiger partial charge in [0.25, 0.3) is 0 Å². The van der Waals surface area contributed by atoms with E-state index in [0.717, 1.165) is 0 Å². The van der Waals surface area contributed by atoms with E-state index in [9.17, 15) is 0 Å². The maximum Gasteiger partial charge on any atom is 0.503 e. The van der Waals surface area contributed by atoms with Gasteiger partial charge in [-0.05, 0) is 0 Å². The minimum atomic E-state index is -1.83. The van der Waals surface area contributed by atoms with Gasteiger partial charge in [-0.25, -0.2) is 4.79 Å². The molecule has 0 aromatic rings. The van der Waals surface area contributed by atoms with E-state index in [4.69, 9.17) is 15.0 Å². The van der Waals surface area contributed by atoms with Crippen molar-refractivity contribution in [3.63, 3.8) is 0 Å². The Hall–Kier alpha value is 0.185. The molecule has 11 heteroatoms. The minimum Gasteiger partial charge on any atom is -0.450 e. The SMILES string of the molecule is O.O.O.O.O.O.O.O=C(O)O.[La]. The normalized spacial score (nSPS) is 2.00. The summed E-state index contributed by atoms with van der Waals surface area (Å²) in [6, 6.07) is 0. The summed E-state index contributed by atoms with van der Waals surface area (Å²) in [5, 5.41) is 13.9. The Kier molecular flexibility index (Phi) is 1430. The second-order valence-corrected chi connectivity index (χ2v) is 0.283. The van der Waals surface area contributed by atoms with Crippen LogP contribution in [0.2, 0.25) is 0 Å². The molecule has 0 aliphatic carbocycles. The zero-order valence-electron chi connectivity index (χ0n) is 5.88. The van der Waals surface area contributed by atoms with Crippen LogP contribution in [0.3, 0.4) is 0 Å². The number of hydrogen-bond acceptors (Lipinski definition) is 1. The van der Waals surface area contributed by atoms with Gasteiger partial charge in [-0.2, -0.15) is 0 Å². The van der Waals surface area contributed by atoms with E-state index in [0.29, 0.717) is 0 Å². The van der Waals surface area contributed by atoms with Crippen molar-refractivity contribution in [2.75, 3.05) is 0 Å². The first-order chi connectivity index (χ1) is 1.73. The molecule has 10 nitrogen and oxygen atoms in total. The Balaban J connectivity index is -0.00000000161. The molecule has 0 unspecified atom stereocenters. The van der Waals surface area contributed by atoms with Gasteiger partial charge in [-0.3, -0.25) is 0 Å². The van der Waals surface area contributed by atoms with E-state index >= 15 is 0 Å². The van der Waals surface area contributed by atoms with Crippen LogP contribution < -0.4 is 0 Å². The average Bonchev–Trinajstić information content (AvgIpc) is 0.811. The van der Waals surface area contributed by atoms with Gasteiger partial charge >= 0.3 is 6.16 Å². The van der Waals surface area contributed by atoms with Crippen molar-refractivity contribution < 1.29 is 88.9 Å². The maximum absolute atomic E-state index is 8.56. The molecule has 0 rings (SSSR count). The van der Waals surface area contributed by atoms with Crippen molar-refractivity contribution >= 4 is 6.16 Å². The first kappa shape index (κ1) is 150. The molecular weight excluding hydrogens is 311 g/mol. The van der Waals surface area contributed by atoms with Crippen LogP contribution in [0.15, 0.2) is 0 Å². The molecule has 12 heavy (non-hydrogen) atoms. The van der Waals surface area contributed by atoms with E-state index in [1.54, 1.807) is 0 Å². The van der Waals surface area contributed by atoms with Crippen LogP contribution in [0.5, 0.6) is 0 Å². The predicted molar refractivity (Wildman–Crippen MR) is 36.0 cm³/mol. The van der Waals surface area contributed by atoms with Crippen molar-refractivity contribution in [3.05, 3.63) is 0 Å². The largest absolute Gasteiger partial charge is 0.503 e. The van der Waals surface area contributed by atoms with Crippen LogP contribution in [-0.2, 0) is 0 Å². The third-order valence-corrected chi connectivity index (χ3v) is 0. The molecular formula is CH16LaO10. The molecule has 0 aliphatic heterocycles. The fourth-order valence-corrected chi connectivity index (χ4v) is 0. The molecule has 0 saturated carbocycles. The molecule has 0 fully saturated rings. The van der Waals surface area contributed by atoms with Crippen molar-refractivity contribution in [1.82, 2.24) is 0 Å². The van der Waals surface area contributed by atoms with Gasteiger partial charge < -0.3 is 48.5 Å². The number of carboxylic acid groups (broad SMARTS) is 2. The molecule has 0 saturated heterocycles. The van der Waals surface area contributed by atoms with Crippen LogP contribution in [0.25, 0.3) is 0 Å². The monoisotopic (exact) mass is 327 g/mol. The summed E-state index contributed by atoms with van der Waals surface area (Å²) in [5.74, 6) is 0. The quantitative estimate of drug-likeness (QED) is 0.440. The molecule has 0 spiro atoms. The molecule has 0 atom stereocenters. The molecule has 83 valence electrons. The van der Waals surface area contributed by atoms with Gasteiger partial charge in [0.15, 0.2) is 0 Å². The van der Waals surface area contributed by atoms with E-state index in [2.05, 4.69) is 0 Å². The number of carbonyl (C=O) groups is 1. The fourth-order valence-electron chi connectivity index (χ4n) is 0. The molecule has 0 aliphatic rings. The Bertz CT molecular complexity index is 32.8. The number of rotatable bonds is 0. The Morgan fingerprint density at radius 1 is 0.667 bits per heavy atom. The van der Waals surface area contributed by atoms with E-state index < -0.39 is 6.16 Å². The zero-order valence-corrected chi connectivity index (χ0v) is 9.51. The van der Waals surface area contributed by atoms with Crippen molar-refractivity contribution in [1.29, 1.82) is 0 Å². The van der Waals surface area contributed by atoms with Crippen LogP contribution in [0.4, 0.5) is 4.79 Å². The summed E-state index contributed by atoms with van der Waals surface area (Å²) in [5.41, 5.74) is 0. The Labute approximate surface area is 95.0 Å². The van der Waals surface area contributed by atoms with E-state index in [-0.39, 0.29) is 73.9 Å².